The number of rotatable bonds is 7. The molecule has 0 radical (unpaired) electrons. The van der Waals surface area contributed by atoms with Crippen LogP contribution in [0, 0.1) is 6.92 Å². The minimum atomic E-state index is -0.0567. The van der Waals surface area contributed by atoms with Gasteiger partial charge in [-0.05, 0) is 38.8 Å². The number of carbonyl (C=O) groups excluding carboxylic acids is 1. The van der Waals surface area contributed by atoms with Crippen molar-refractivity contribution >= 4 is 5.91 Å². The lowest BCUT2D eigenvalue weighted by molar-refractivity contribution is 0.0676. The highest BCUT2D eigenvalue weighted by molar-refractivity contribution is 5.91. The molecular formula is C22H27N5O3. The Morgan fingerprint density at radius 2 is 2.13 bits per heavy atom. The van der Waals surface area contributed by atoms with Gasteiger partial charge in [-0.3, -0.25) is 4.79 Å². The first-order valence-electron chi connectivity index (χ1n) is 10.4. The summed E-state index contributed by atoms with van der Waals surface area (Å²) in [5.74, 6) is 2.14. The van der Waals surface area contributed by atoms with Crippen molar-refractivity contribution in [2.45, 2.75) is 45.8 Å². The van der Waals surface area contributed by atoms with E-state index >= 15 is 0 Å². The first kappa shape index (κ1) is 20.3. The molecule has 1 fully saturated rings. The smallest absolute Gasteiger partial charge is 0.289 e. The second-order valence-electron chi connectivity index (χ2n) is 7.53. The van der Waals surface area contributed by atoms with Crippen LogP contribution in [0.1, 0.15) is 59.1 Å². The van der Waals surface area contributed by atoms with E-state index in [0.717, 1.165) is 35.7 Å². The van der Waals surface area contributed by atoms with Gasteiger partial charge in [0.25, 0.3) is 5.91 Å². The number of carbonyl (C=O) groups is 1. The third kappa shape index (κ3) is 4.59. The van der Waals surface area contributed by atoms with Crippen LogP contribution < -0.4 is 0 Å². The lowest BCUT2D eigenvalue weighted by Crippen LogP contribution is -2.38. The second kappa shape index (κ2) is 9.21. The predicted octanol–water partition coefficient (Wildman–Crippen LogP) is 3.18. The quantitative estimate of drug-likeness (QED) is 0.596. The number of imidazole rings is 1. The van der Waals surface area contributed by atoms with E-state index in [-0.39, 0.29) is 5.91 Å². The Labute approximate surface area is 175 Å². The second-order valence-corrected chi connectivity index (χ2v) is 7.53. The van der Waals surface area contributed by atoms with Gasteiger partial charge in [0.15, 0.2) is 5.76 Å². The average molecular weight is 409 g/mol. The molecule has 1 saturated heterocycles. The molecule has 1 aliphatic rings. The molecule has 158 valence electrons. The maximum absolute atomic E-state index is 12.9. The van der Waals surface area contributed by atoms with E-state index in [9.17, 15) is 4.79 Å². The van der Waals surface area contributed by atoms with E-state index in [2.05, 4.69) is 9.97 Å². The highest BCUT2D eigenvalue weighted by Gasteiger charge is 2.28. The number of ether oxygens (including phenoxy) is 1. The summed E-state index contributed by atoms with van der Waals surface area (Å²) in [6, 6.07) is 3.61. The Bertz CT molecular complexity index is 975. The van der Waals surface area contributed by atoms with Gasteiger partial charge in [0.1, 0.15) is 11.6 Å². The van der Waals surface area contributed by atoms with Crippen molar-refractivity contribution < 1.29 is 13.9 Å². The van der Waals surface area contributed by atoms with E-state index in [0.29, 0.717) is 44.5 Å². The molecule has 3 aromatic rings. The van der Waals surface area contributed by atoms with Crippen molar-refractivity contribution in [1.29, 1.82) is 0 Å². The van der Waals surface area contributed by atoms with Gasteiger partial charge >= 0.3 is 0 Å². The number of hydrogen-bond donors (Lipinski definition) is 0. The molecule has 8 heteroatoms. The van der Waals surface area contributed by atoms with Gasteiger partial charge in [-0.25, -0.2) is 15.0 Å². The van der Waals surface area contributed by atoms with Gasteiger partial charge in [-0.15, -0.1) is 0 Å². The van der Waals surface area contributed by atoms with Crippen molar-refractivity contribution in [3.05, 3.63) is 65.7 Å². The molecule has 4 rings (SSSR count). The Balaban J connectivity index is 1.38. The molecule has 0 spiro atoms. The highest BCUT2D eigenvalue weighted by atomic mass is 16.5. The summed E-state index contributed by atoms with van der Waals surface area (Å²) in [5.41, 5.74) is 2.10. The number of hydrogen-bond acceptors (Lipinski definition) is 6. The Hall–Kier alpha value is -3.00. The first-order valence-corrected chi connectivity index (χ1v) is 10.4. The predicted molar refractivity (Wildman–Crippen MR) is 110 cm³/mol. The fraction of sp³-hybridized carbons (Fsp3) is 0.455. The summed E-state index contributed by atoms with van der Waals surface area (Å²) < 4.78 is 13.3. The molecule has 0 N–H and O–H groups in total. The third-order valence-corrected chi connectivity index (χ3v) is 5.42. The molecule has 0 unspecified atom stereocenters. The van der Waals surface area contributed by atoms with E-state index < -0.39 is 0 Å². The van der Waals surface area contributed by atoms with Crippen LogP contribution in [0.25, 0.3) is 0 Å². The molecular weight excluding hydrogens is 382 g/mol. The Morgan fingerprint density at radius 3 is 2.87 bits per heavy atom. The van der Waals surface area contributed by atoms with E-state index in [1.165, 1.54) is 0 Å². The van der Waals surface area contributed by atoms with Crippen LogP contribution in [0.15, 0.2) is 41.5 Å². The monoisotopic (exact) mass is 409 g/mol. The summed E-state index contributed by atoms with van der Waals surface area (Å²) >= 11 is 0. The largest absolute Gasteiger partial charge is 0.454 e. The molecule has 4 heterocycles. The SMILES string of the molecule is CCOCc1cnc(C)nc1C1CCN(C(=O)c2ccc(Cn3ccnc3)o2)CC1. The van der Waals surface area contributed by atoms with Crippen LogP contribution >= 0.6 is 0 Å². The molecule has 0 saturated carbocycles. The van der Waals surface area contributed by atoms with E-state index in [1.807, 2.05) is 41.8 Å². The van der Waals surface area contributed by atoms with E-state index in [4.69, 9.17) is 14.1 Å². The van der Waals surface area contributed by atoms with Gasteiger partial charge in [-0.2, -0.15) is 0 Å². The zero-order valence-corrected chi connectivity index (χ0v) is 17.5. The molecule has 0 aromatic carbocycles. The summed E-state index contributed by atoms with van der Waals surface area (Å²) in [4.78, 5) is 27.8. The van der Waals surface area contributed by atoms with Crippen LogP contribution in [-0.4, -0.2) is 50.0 Å². The third-order valence-electron chi connectivity index (χ3n) is 5.42. The number of furan rings is 1. The number of piperidine rings is 1. The summed E-state index contributed by atoms with van der Waals surface area (Å²) in [6.07, 6.45) is 8.91. The lowest BCUT2D eigenvalue weighted by Gasteiger charge is -2.32. The molecule has 30 heavy (non-hydrogen) atoms. The summed E-state index contributed by atoms with van der Waals surface area (Å²) in [7, 11) is 0. The zero-order valence-electron chi connectivity index (χ0n) is 17.5. The Morgan fingerprint density at radius 1 is 1.30 bits per heavy atom. The Kier molecular flexibility index (Phi) is 6.23. The van der Waals surface area contributed by atoms with Crippen molar-refractivity contribution in [3.8, 4) is 0 Å². The maximum Gasteiger partial charge on any atom is 0.289 e. The van der Waals surface area contributed by atoms with Crippen molar-refractivity contribution in [3.63, 3.8) is 0 Å². The number of aryl methyl sites for hydroxylation is 1. The first-order chi connectivity index (χ1) is 14.6. The molecule has 0 bridgehead atoms. The van der Waals surface area contributed by atoms with Crippen LogP contribution in [0.5, 0.6) is 0 Å². The molecule has 8 nitrogen and oxygen atoms in total. The fourth-order valence-electron chi connectivity index (χ4n) is 3.84. The van der Waals surface area contributed by atoms with Crippen LogP contribution in [0.3, 0.4) is 0 Å². The molecule has 3 aromatic heterocycles. The minimum Gasteiger partial charge on any atom is -0.454 e. The molecule has 0 aliphatic carbocycles. The topological polar surface area (TPSA) is 86.3 Å². The molecule has 1 amide bonds. The van der Waals surface area contributed by atoms with Gasteiger partial charge < -0.3 is 18.6 Å². The van der Waals surface area contributed by atoms with Crippen LogP contribution in [0.4, 0.5) is 0 Å². The normalized spacial score (nSPS) is 14.9. The van der Waals surface area contributed by atoms with Crippen LogP contribution in [-0.2, 0) is 17.9 Å². The highest BCUT2D eigenvalue weighted by Crippen LogP contribution is 2.30. The zero-order chi connectivity index (χ0) is 20.9. The van der Waals surface area contributed by atoms with Crippen LogP contribution in [0.2, 0.25) is 0 Å². The van der Waals surface area contributed by atoms with Gasteiger partial charge in [-0.1, -0.05) is 0 Å². The number of aromatic nitrogens is 4. The number of nitrogens with zero attached hydrogens (tertiary/aromatic N) is 5. The van der Waals surface area contributed by atoms with Crippen molar-refractivity contribution in [2.24, 2.45) is 0 Å². The van der Waals surface area contributed by atoms with E-state index in [1.54, 1.807) is 18.6 Å². The minimum absolute atomic E-state index is 0.0567. The van der Waals surface area contributed by atoms with Gasteiger partial charge in [0.2, 0.25) is 0 Å². The fourth-order valence-corrected chi connectivity index (χ4v) is 3.84. The standard InChI is InChI=1S/C22H27N5O3/c1-3-29-14-18-12-24-16(2)25-21(18)17-6-9-27(10-7-17)22(28)20-5-4-19(30-20)13-26-11-8-23-15-26/h4-5,8,11-12,15,17H,3,6-7,9-10,13-14H2,1-2H3. The average Bonchev–Trinajstić information content (AvgIpc) is 3.45. The summed E-state index contributed by atoms with van der Waals surface area (Å²) in [5, 5.41) is 0. The van der Waals surface area contributed by atoms with Crippen molar-refractivity contribution in [1.82, 2.24) is 24.4 Å². The molecule has 1 aliphatic heterocycles. The summed E-state index contributed by atoms with van der Waals surface area (Å²) in [6.45, 7) is 6.99. The van der Waals surface area contributed by atoms with Gasteiger partial charge in [0.05, 0.1) is 25.2 Å². The van der Waals surface area contributed by atoms with Crippen molar-refractivity contribution in [2.75, 3.05) is 19.7 Å². The maximum atomic E-state index is 12.9. The number of likely N-dealkylation sites (tertiary alicyclic amines) is 1. The van der Waals surface area contributed by atoms with Gasteiger partial charge in [0, 0.05) is 49.8 Å². The molecule has 0 atom stereocenters. The lowest BCUT2D eigenvalue weighted by atomic mass is 9.90. The number of amides is 1.